The van der Waals surface area contributed by atoms with Gasteiger partial charge in [0.1, 0.15) is 5.71 Å². The minimum absolute atomic E-state index is 0.412. The Kier molecular flexibility index (Phi) is 4.66. The summed E-state index contributed by atoms with van der Waals surface area (Å²) in [5.41, 5.74) is 1.13. The second kappa shape index (κ2) is 6.26. The molecular formula is C13H14Cl2N2O2. The first-order valence-electron chi connectivity index (χ1n) is 6.08. The van der Waals surface area contributed by atoms with E-state index in [2.05, 4.69) is 5.16 Å². The van der Waals surface area contributed by atoms with Crippen LogP contribution in [-0.4, -0.2) is 27.9 Å². The van der Waals surface area contributed by atoms with Crippen LogP contribution in [0.1, 0.15) is 31.2 Å². The Hall–Kier alpha value is -1.26. The molecule has 0 aromatic heterocycles. The topological polar surface area (TPSA) is 58.7 Å². The van der Waals surface area contributed by atoms with E-state index < -0.39 is 6.04 Å². The van der Waals surface area contributed by atoms with E-state index in [9.17, 15) is 5.21 Å². The highest BCUT2D eigenvalue weighted by Crippen LogP contribution is 2.21. The highest BCUT2D eigenvalue weighted by Gasteiger charge is 2.27. The lowest BCUT2D eigenvalue weighted by molar-refractivity contribution is -0.478. The van der Waals surface area contributed by atoms with E-state index in [1.54, 1.807) is 18.2 Å². The standard InChI is InChI=1S/C13H14Cl2N2O2/c14-10-6-5-9(11(15)7-10)8-17(19)13-4-2-1-3-12(13)16-18/h5-8,13,18H,1-4H2. The minimum Gasteiger partial charge on any atom is -0.623 e. The highest BCUT2D eigenvalue weighted by atomic mass is 35.5. The molecule has 1 fully saturated rings. The summed E-state index contributed by atoms with van der Waals surface area (Å²) in [6.45, 7) is 0. The van der Waals surface area contributed by atoms with E-state index >= 15 is 0 Å². The van der Waals surface area contributed by atoms with Crippen molar-refractivity contribution < 1.29 is 9.95 Å². The number of hydrogen-bond donors (Lipinski definition) is 1. The number of nitrogens with zero attached hydrogens (tertiary/aromatic N) is 2. The zero-order valence-electron chi connectivity index (χ0n) is 10.2. The lowest BCUT2D eigenvalue weighted by Crippen LogP contribution is -2.34. The van der Waals surface area contributed by atoms with Crippen molar-refractivity contribution in [1.29, 1.82) is 0 Å². The van der Waals surface area contributed by atoms with Crippen molar-refractivity contribution in [2.45, 2.75) is 31.7 Å². The molecule has 19 heavy (non-hydrogen) atoms. The molecule has 1 saturated carbocycles. The van der Waals surface area contributed by atoms with Gasteiger partial charge in [-0.3, -0.25) is 0 Å². The number of rotatable bonds is 2. The number of hydroxylamine groups is 1. The van der Waals surface area contributed by atoms with Crippen molar-refractivity contribution in [2.24, 2.45) is 5.16 Å². The number of halogens is 2. The van der Waals surface area contributed by atoms with Crippen LogP contribution < -0.4 is 0 Å². The van der Waals surface area contributed by atoms with E-state index in [1.807, 2.05) is 0 Å². The van der Waals surface area contributed by atoms with Crippen molar-refractivity contribution in [3.8, 4) is 0 Å². The van der Waals surface area contributed by atoms with Crippen molar-refractivity contribution in [3.05, 3.63) is 39.0 Å². The maximum Gasteiger partial charge on any atom is 0.204 e. The van der Waals surface area contributed by atoms with E-state index in [0.29, 0.717) is 34.2 Å². The summed E-state index contributed by atoms with van der Waals surface area (Å²) < 4.78 is 0.809. The maximum atomic E-state index is 12.2. The van der Waals surface area contributed by atoms with Crippen LogP contribution in [0.25, 0.3) is 0 Å². The Morgan fingerprint density at radius 3 is 2.84 bits per heavy atom. The molecule has 0 spiro atoms. The molecule has 1 aromatic rings. The molecule has 4 nitrogen and oxygen atoms in total. The Bertz CT molecular complexity index is 529. The van der Waals surface area contributed by atoms with Crippen LogP contribution >= 0.6 is 23.2 Å². The van der Waals surface area contributed by atoms with Gasteiger partial charge in [-0.1, -0.05) is 28.4 Å². The normalized spacial score (nSPS) is 22.7. The quantitative estimate of drug-likeness (QED) is 0.298. The van der Waals surface area contributed by atoms with Gasteiger partial charge in [0, 0.05) is 11.4 Å². The maximum absolute atomic E-state index is 12.2. The summed E-state index contributed by atoms with van der Waals surface area (Å²) >= 11 is 11.8. The van der Waals surface area contributed by atoms with Gasteiger partial charge in [0.05, 0.1) is 10.6 Å². The van der Waals surface area contributed by atoms with Crippen LogP contribution in [0.5, 0.6) is 0 Å². The molecule has 0 heterocycles. The fourth-order valence-electron chi connectivity index (χ4n) is 2.20. The fourth-order valence-corrected chi connectivity index (χ4v) is 2.66. The molecule has 6 heteroatoms. The summed E-state index contributed by atoms with van der Waals surface area (Å²) in [5.74, 6) is 0. The van der Waals surface area contributed by atoms with Gasteiger partial charge in [0.25, 0.3) is 0 Å². The van der Waals surface area contributed by atoms with Crippen molar-refractivity contribution in [1.82, 2.24) is 0 Å². The van der Waals surface area contributed by atoms with Gasteiger partial charge in [-0.15, -0.1) is 0 Å². The van der Waals surface area contributed by atoms with Gasteiger partial charge in [-0.05, 0) is 37.5 Å². The van der Waals surface area contributed by atoms with Gasteiger partial charge in [0.15, 0.2) is 6.21 Å². The first-order chi connectivity index (χ1) is 9.11. The molecule has 0 aliphatic heterocycles. The van der Waals surface area contributed by atoms with Crippen LogP contribution in [0.4, 0.5) is 0 Å². The first-order valence-corrected chi connectivity index (χ1v) is 6.83. The van der Waals surface area contributed by atoms with Crippen LogP contribution in [0.15, 0.2) is 23.4 Å². The number of benzene rings is 1. The number of oxime groups is 1. The summed E-state index contributed by atoms with van der Waals surface area (Å²) in [6.07, 6.45) is 4.66. The zero-order chi connectivity index (χ0) is 13.8. The van der Waals surface area contributed by atoms with E-state index in [1.165, 1.54) is 6.21 Å². The monoisotopic (exact) mass is 300 g/mol. The second-order valence-electron chi connectivity index (χ2n) is 4.51. The minimum atomic E-state index is -0.412. The summed E-state index contributed by atoms with van der Waals surface area (Å²) in [5, 5.41) is 25.3. The molecule has 2 rings (SSSR count). The van der Waals surface area contributed by atoms with Crippen molar-refractivity contribution in [2.75, 3.05) is 0 Å². The van der Waals surface area contributed by atoms with Gasteiger partial charge in [-0.25, -0.2) is 4.74 Å². The lowest BCUT2D eigenvalue weighted by atomic mass is 9.93. The summed E-state index contributed by atoms with van der Waals surface area (Å²) in [7, 11) is 0. The molecule has 1 aliphatic carbocycles. The molecule has 102 valence electrons. The molecule has 1 unspecified atom stereocenters. The molecule has 0 radical (unpaired) electrons. The van der Waals surface area contributed by atoms with Crippen LogP contribution in [0, 0.1) is 5.21 Å². The third kappa shape index (κ3) is 3.39. The Morgan fingerprint density at radius 1 is 1.37 bits per heavy atom. The van der Waals surface area contributed by atoms with Gasteiger partial charge >= 0.3 is 0 Å². The van der Waals surface area contributed by atoms with Crippen LogP contribution in [0.3, 0.4) is 0 Å². The Morgan fingerprint density at radius 2 is 2.16 bits per heavy atom. The molecule has 0 bridgehead atoms. The van der Waals surface area contributed by atoms with E-state index in [-0.39, 0.29) is 0 Å². The third-order valence-electron chi connectivity index (χ3n) is 3.21. The van der Waals surface area contributed by atoms with Crippen LogP contribution in [-0.2, 0) is 0 Å². The Labute approximate surface area is 121 Å². The van der Waals surface area contributed by atoms with Gasteiger partial charge in [0.2, 0.25) is 6.04 Å². The van der Waals surface area contributed by atoms with Gasteiger partial charge in [-0.2, -0.15) is 0 Å². The smallest absolute Gasteiger partial charge is 0.204 e. The van der Waals surface area contributed by atoms with Crippen LogP contribution in [0.2, 0.25) is 10.0 Å². The largest absolute Gasteiger partial charge is 0.623 e. The lowest BCUT2D eigenvalue weighted by Gasteiger charge is -2.21. The Balaban J connectivity index is 2.26. The predicted molar refractivity (Wildman–Crippen MR) is 76.7 cm³/mol. The van der Waals surface area contributed by atoms with Crippen molar-refractivity contribution >= 4 is 35.1 Å². The zero-order valence-corrected chi connectivity index (χ0v) is 11.7. The summed E-state index contributed by atoms with van der Waals surface area (Å²) in [4.78, 5) is 0. The third-order valence-corrected chi connectivity index (χ3v) is 3.77. The van der Waals surface area contributed by atoms with E-state index in [4.69, 9.17) is 28.4 Å². The molecule has 1 aliphatic rings. The number of hydrogen-bond acceptors (Lipinski definition) is 3. The SMILES string of the molecule is [O-][N+](=Cc1ccc(Cl)cc1Cl)C1CCCCC1=NO. The molecule has 1 N–H and O–H groups in total. The fraction of sp³-hybridized carbons (Fsp3) is 0.385. The first kappa shape index (κ1) is 14.2. The average Bonchev–Trinajstić information content (AvgIpc) is 2.41. The van der Waals surface area contributed by atoms with E-state index in [0.717, 1.165) is 17.6 Å². The van der Waals surface area contributed by atoms with Gasteiger partial charge < -0.3 is 10.4 Å². The molecule has 1 aromatic carbocycles. The molecular weight excluding hydrogens is 287 g/mol. The molecule has 1 atom stereocenters. The second-order valence-corrected chi connectivity index (χ2v) is 5.35. The molecule has 0 saturated heterocycles. The molecule has 0 amide bonds. The van der Waals surface area contributed by atoms with Crippen molar-refractivity contribution in [3.63, 3.8) is 0 Å². The average molecular weight is 301 g/mol. The highest BCUT2D eigenvalue weighted by molar-refractivity contribution is 6.36. The summed E-state index contributed by atoms with van der Waals surface area (Å²) in [6, 6.07) is 4.54. The predicted octanol–water partition coefficient (Wildman–Crippen LogP) is 3.70.